The Morgan fingerprint density at radius 1 is 1.38 bits per heavy atom. The molecule has 0 aromatic carbocycles. The van der Waals surface area contributed by atoms with Crippen molar-refractivity contribution in [2.45, 2.75) is 31.3 Å². The van der Waals surface area contributed by atoms with Crippen LogP contribution < -0.4 is 11.3 Å². The number of piperazine rings is 1. The second kappa shape index (κ2) is 6.69. The summed E-state index contributed by atoms with van der Waals surface area (Å²) in [7, 11) is -3.61. The van der Waals surface area contributed by atoms with Gasteiger partial charge in [0.1, 0.15) is 0 Å². The lowest BCUT2D eigenvalue weighted by Crippen LogP contribution is -2.51. The molecule has 2 rings (SSSR count). The molecule has 0 radical (unpaired) electrons. The van der Waals surface area contributed by atoms with Crippen LogP contribution in [-0.2, 0) is 10.0 Å². The SMILES string of the molecule is CCC(C)N1CCN(S(=O)(=O)c2ncccc2NN)CC1. The van der Waals surface area contributed by atoms with Crippen LogP contribution in [0.3, 0.4) is 0 Å². The summed E-state index contributed by atoms with van der Waals surface area (Å²) in [6.07, 6.45) is 2.53. The number of nitrogens with one attached hydrogen (secondary N) is 1. The van der Waals surface area contributed by atoms with Crippen LogP contribution in [0.15, 0.2) is 23.4 Å². The Hall–Kier alpha value is -1.22. The van der Waals surface area contributed by atoms with Crippen molar-refractivity contribution in [3.63, 3.8) is 0 Å². The summed E-state index contributed by atoms with van der Waals surface area (Å²) >= 11 is 0. The molecule has 1 aliphatic rings. The van der Waals surface area contributed by atoms with Crippen LogP contribution >= 0.6 is 0 Å². The minimum atomic E-state index is -3.61. The maximum atomic E-state index is 12.7. The van der Waals surface area contributed by atoms with E-state index < -0.39 is 10.0 Å². The molecule has 0 saturated carbocycles. The number of hydrogen-bond donors (Lipinski definition) is 2. The Balaban J connectivity index is 2.15. The average molecular weight is 313 g/mol. The van der Waals surface area contributed by atoms with E-state index in [1.165, 1.54) is 10.5 Å². The van der Waals surface area contributed by atoms with E-state index in [1.807, 2.05) is 0 Å². The van der Waals surface area contributed by atoms with Crippen LogP contribution in [0, 0.1) is 0 Å². The maximum absolute atomic E-state index is 12.7. The molecule has 21 heavy (non-hydrogen) atoms. The van der Waals surface area contributed by atoms with Gasteiger partial charge < -0.3 is 5.43 Å². The van der Waals surface area contributed by atoms with E-state index in [9.17, 15) is 8.42 Å². The van der Waals surface area contributed by atoms with Crippen LogP contribution in [-0.4, -0.2) is 54.8 Å². The molecule has 3 N–H and O–H groups in total. The largest absolute Gasteiger partial charge is 0.321 e. The van der Waals surface area contributed by atoms with E-state index in [0.29, 0.717) is 24.8 Å². The Morgan fingerprint density at radius 2 is 2.05 bits per heavy atom. The van der Waals surface area contributed by atoms with Crippen molar-refractivity contribution >= 4 is 15.7 Å². The standard InChI is InChI=1S/C13H23N5O2S/c1-3-11(2)17-7-9-18(10-8-17)21(19,20)13-12(16-14)5-4-6-15-13/h4-6,11,16H,3,7-10,14H2,1-2H3. The maximum Gasteiger partial charge on any atom is 0.262 e. The molecule has 1 aromatic heterocycles. The number of aromatic nitrogens is 1. The number of nitrogens with zero attached hydrogens (tertiary/aromatic N) is 3. The van der Waals surface area contributed by atoms with Crippen LogP contribution in [0.2, 0.25) is 0 Å². The van der Waals surface area contributed by atoms with Crippen LogP contribution in [0.4, 0.5) is 5.69 Å². The zero-order chi connectivity index (χ0) is 15.5. The van der Waals surface area contributed by atoms with Gasteiger partial charge >= 0.3 is 0 Å². The number of anilines is 1. The third-order valence-electron chi connectivity index (χ3n) is 4.00. The van der Waals surface area contributed by atoms with E-state index in [4.69, 9.17) is 5.84 Å². The van der Waals surface area contributed by atoms with Crippen molar-refractivity contribution < 1.29 is 8.42 Å². The predicted molar refractivity (Wildman–Crippen MR) is 82.1 cm³/mol. The molecule has 8 heteroatoms. The van der Waals surface area contributed by atoms with Crippen molar-refractivity contribution in [3.8, 4) is 0 Å². The Kier molecular flexibility index (Phi) is 5.15. The summed E-state index contributed by atoms with van der Waals surface area (Å²) in [5, 5.41) is -0.00973. The van der Waals surface area contributed by atoms with Gasteiger partial charge in [0.2, 0.25) is 0 Å². The van der Waals surface area contributed by atoms with Gasteiger partial charge in [-0.3, -0.25) is 10.7 Å². The number of hydrazine groups is 1. The molecule has 118 valence electrons. The summed E-state index contributed by atoms with van der Waals surface area (Å²) in [6.45, 7) is 6.75. The molecular weight excluding hydrogens is 290 g/mol. The molecule has 1 atom stereocenters. The van der Waals surface area contributed by atoms with Crippen molar-refractivity contribution in [2.24, 2.45) is 5.84 Å². The fraction of sp³-hybridized carbons (Fsp3) is 0.615. The van der Waals surface area contributed by atoms with Crippen LogP contribution in [0.5, 0.6) is 0 Å². The first-order valence-electron chi connectivity index (χ1n) is 7.16. The molecule has 2 heterocycles. The number of rotatable bonds is 5. The number of nitrogens with two attached hydrogens (primary N) is 1. The Labute approximate surface area is 126 Å². The van der Waals surface area contributed by atoms with E-state index >= 15 is 0 Å². The highest BCUT2D eigenvalue weighted by Crippen LogP contribution is 2.22. The minimum Gasteiger partial charge on any atom is -0.321 e. The van der Waals surface area contributed by atoms with Gasteiger partial charge in [0.05, 0.1) is 5.69 Å². The molecule has 0 aliphatic carbocycles. The molecular formula is C13H23N5O2S. The second-order valence-corrected chi connectivity index (χ2v) is 7.05. The van der Waals surface area contributed by atoms with Crippen molar-refractivity contribution in [2.75, 3.05) is 31.6 Å². The second-order valence-electron chi connectivity index (χ2n) is 5.20. The summed E-state index contributed by atoms with van der Waals surface area (Å²) < 4.78 is 26.8. The quantitative estimate of drug-likeness (QED) is 0.606. The molecule has 1 aromatic rings. The van der Waals surface area contributed by atoms with Crippen LogP contribution in [0.25, 0.3) is 0 Å². The van der Waals surface area contributed by atoms with Crippen molar-refractivity contribution in [3.05, 3.63) is 18.3 Å². The lowest BCUT2D eigenvalue weighted by Gasteiger charge is -2.37. The van der Waals surface area contributed by atoms with Crippen molar-refractivity contribution in [1.29, 1.82) is 0 Å². The molecule has 1 unspecified atom stereocenters. The zero-order valence-corrected chi connectivity index (χ0v) is 13.3. The van der Waals surface area contributed by atoms with Gasteiger partial charge in [0.15, 0.2) is 5.03 Å². The van der Waals surface area contributed by atoms with Gasteiger partial charge in [-0.1, -0.05) is 6.92 Å². The molecule has 1 fully saturated rings. The number of pyridine rings is 1. The van der Waals surface area contributed by atoms with Crippen molar-refractivity contribution in [1.82, 2.24) is 14.2 Å². The van der Waals surface area contributed by atoms with E-state index in [1.54, 1.807) is 12.1 Å². The first-order valence-corrected chi connectivity index (χ1v) is 8.60. The molecule has 1 aliphatic heterocycles. The lowest BCUT2D eigenvalue weighted by atomic mass is 10.2. The summed E-state index contributed by atoms with van der Waals surface area (Å²) in [6, 6.07) is 3.73. The zero-order valence-electron chi connectivity index (χ0n) is 12.5. The predicted octanol–water partition coefficient (Wildman–Crippen LogP) is 0.472. The highest BCUT2D eigenvalue weighted by atomic mass is 32.2. The van der Waals surface area contributed by atoms with Gasteiger partial charge in [-0.2, -0.15) is 4.31 Å². The highest BCUT2D eigenvalue weighted by molar-refractivity contribution is 7.89. The molecule has 0 amide bonds. The van der Waals surface area contributed by atoms with E-state index in [0.717, 1.165) is 19.5 Å². The van der Waals surface area contributed by atoms with Gasteiger partial charge in [-0.05, 0) is 25.5 Å². The van der Waals surface area contributed by atoms with Gasteiger partial charge in [0.25, 0.3) is 10.0 Å². The minimum absolute atomic E-state index is 0.00973. The highest BCUT2D eigenvalue weighted by Gasteiger charge is 2.32. The molecule has 7 nitrogen and oxygen atoms in total. The number of nitrogen functional groups attached to an aromatic ring is 1. The van der Waals surface area contributed by atoms with E-state index in [2.05, 4.69) is 29.2 Å². The topological polar surface area (TPSA) is 91.6 Å². The molecule has 0 spiro atoms. The summed E-state index contributed by atoms with van der Waals surface area (Å²) in [5.74, 6) is 5.38. The fourth-order valence-corrected chi connectivity index (χ4v) is 3.96. The molecule has 0 bridgehead atoms. The van der Waals surface area contributed by atoms with Gasteiger partial charge in [-0.25, -0.2) is 13.4 Å². The monoisotopic (exact) mass is 313 g/mol. The van der Waals surface area contributed by atoms with Crippen LogP contribution in [0.1, 0.15) is 20.3 Å². The fourth-order valence-electron chi connectivity index (χ4n) is 2.47. The summed E-state index contributed by atoms with van der Waals surface area (Å²) in [4.78, 5) is 6.29. The first kappa shape index (κ1) is 16.2. The number of sulfonamides is 1. The molecule has 1 saturated heterocycles. The third kappa shape index (κ3) is 3.34. The van der Waals surface area contributed by atoms with E-state index in [-0.39, 0.29) is 5.03 Å². The third-order valence-corrected chi connectivity index (χ3v) is 5.86. The number of hydrogen-bond acceptors (Lipinski definition) is 6. The normalized spacial score (nSPS) is 19.4. The average Bonchev–Trinajstić information content (AvgIpc) is 2.54. The summed E-state index contributed by atoms with van der Waals surface area (Å²) in [5.41, 5.74) is 2.72. The lowest BCUT2D eigenvalue weighted by molar-refractivity contribution is 0.142. The Morgan fingerprint density at radius 3 is 2.62 bits per heavy atom. The van der Waals surface area contributed by atoms with Gasteiger partial charge in [-0.15, -0.1) is 0 Å². The smallest absolute Gasteiger partial charge is 0.262 e. The first-order chi connectivity index (χ1) is 10.0. The Bertz CT molecular complexity index is 570. The van der Waals surface area contributed by atoms with Gasteiger partial charge in [0, 0.05) is 38.4 Å².